The number of hydrazine groups is 1. The van der Waals surface area contributed by atoms with Gasteiger partial charge in [0.2, 0.25) is 0 Å². The summed E-state index contributed by atoms with van der Waals surface area (Å²) in [5, 5.41) is 0. The first-order valence-electron chi connectivity index (χ1n) is 5.81. The van der Waals surface area contributed by atoms with Crippen LogP contribution in [0.25, 0.3) is 0 Å². The Labute approximate surface area is 105 Å². The third kappa shape index (κ3) is 2.91. The van der Waals surface area contributed by atoms with Crippen LogP contribution in [0.15, 0.2) is 18.2 Å². The Morgan fingerprint density at radius 2 is 2.11 bits per heavy atom. The molecular weight excluding hydrogens is 234 g/mol. The largest absolute Gasteiger partial charge is 0.486 e. The van der Waals surface area contributed by atoms with Crippen molar-refractivity contribution < 1.29 is 14.3 Å². The van der Waals surface area contributed by atoms with Crippen LogP contribution in [0, 0.1) is 0 Å². The van der Waals surface area contributed by atoms with Crippen molar-refractivity contribution in [3.8, 4) is 11.5 Å². The predicted molar refractivity (Wildman–Crippen MR) is 66.3 cm³/mol. The topological polar surface area (TPSA) is 85.6 Å². The number of carbonyl (C=O) groups is 1. The third-order valence-corrected chi connectivity index (χ3v) is 2.65. The average Bonchev–Trinajstić information content (AvgIpc) is 2.39. The highest BCUT2D eigenvalue weighted by Gasteiger charge is 2.16. The molecule has 2 rings (SSSR count). The summed E-state index contributed by atoms with van der Waals surface area (Å²) in [4.78, 5) is 11.5. The molecule has 6 heteroatoms. The molecule has 1 aromatic carbocycles. The minimum atomic E-state index is -0.597. The van der Waals surface area contributed by atoms with Crippen molar-refractivity contribution in [1.29, 1.82) is 0 Å². The highest BCUT2D eigenvalue weighted by Crippen LogP contribution is 2.30. The zero-order chi connectivity index (χ0) is 13.0. The second-order valence-electron chi connectivity index (χ2n) is 4.03. The van der Waals surface area contributed by atoms with E-state index in [2.05, 4.69) is 10.9 Å². The van der Waals surface area contributed by atoms with Gasteiger partial charge >= 0.3 is 0 Å². The second kappa shape index (κ2) is 5.70. The Morgan fingerprint density at radius 3 is 2.83 bits per heavy atom. The number of benzene rings is 1. The van der Waals surface area contributed by atoms with Gasteiger partial charge in [-0.1, -0.05) is 6.07 Å². The fraction of sp³-hybridized carbons (Fsp3) is 0.417. The van der Waals surface area contributed by atoms with Crippen molar-refractivity contribution in [3.05, 3.63) is 23.8 Å². The van der Waals surface area contributed by atoms with E-state index in [0.717, 1.165) is 11.3 Å². The van der Waals surface area contributed by atoms with E-state index < -0.39 is 6.04 Å². The fourth-order valence-corrected chi connectivity index (χ4v) is 1.78. The molecule has 0 bridgehead atoms. The molecule has 0 radical (unpaired) electrons. The highest BCUT2D eigenvalue weighted by molar-refractivity contribution is 5.81. The van der Waals surface area contributed by atoms with Gasteiger partial charge in [-0.2, -0.15) is 0 Å². The molecule has 0 saturated carbocycles. The SMILES string of the molecule is CNNC(=O)C(N)Cc1ccc2c(c1)OCCO2. The summed E-state index contributed by atoms with van der Waals surface area (Å²) in [5.41, 5.74) is 11.7. The normalized spacial score (nSPS) is 15.0. The minimum Gasteiger partial charge on any atom is -0.486 e. The van der Waals surface area contributed by atoms with Crippen LogP contribution in [0.5, 0.6) is 11.5 Å². The van der Waals surface area contributed by atoms with Gasteiger partial charge in [-0.05, 0) is 24.1 Å². The maximum atomic E-state index is 11.5. The summed E-state index contributed by atoms with van der Waals surface area (Å²) in [5.74, 6) is 1.20. The molecular formula is C12H17N3O3. The van der Waals surface area contributed by atoms with Crippen LogP contribution in [-0.4, -0.2) is 32.2 Å². The van der Waals surface area contributed by atoms with Gasteiger partial charge in [0.15, 0.2) is 11.5 Å². The molecule has 1 aromatic rings. The Balaban J connectivity index is 2.03. The molecule has 1 amide bonds. The fourth-order valence-electron chi connectivity index (χ4n) is 1.78. The van der Waals surface area contributed by atoms with Crippen molar-refractivity contribution in [1.82, 2.24) is 10.9 Å². The number of hydrogen-bond acceptors (Lipinski definition) is 5. The van der Waals surface area contributed by atoms with E-state index in [0.29, 0.717) is 25.4 Å². The molecule has 1 aliphatic rings. The predicted octanol–water partition coefficient (Wildman–Crippen LogP) is -0.422. The lowest BCUT2D eigenvalue weighted by Crippen LogP contribution is -2.46. The Kier molecular flexibility index (Phi) is 4.01. The van der Waals surface area contributed by atoms with Gasteiger partial charge in [-0.25, -0.2) is 5.43 Å². The molecule has 0 saturated heterocycles. The monoisotopic (exact) mass is 251 g/mol. The van der Waals surface area contributed by atoms with Crippen molar-refractivity contribution in [3.63, 3.8) is 0 Å². The van der Waals surface area contributed by atoms with E-state index in [1.54, 1.807) is 7.05 Å². The van der Waals surface area contributed by atoms with Crippen molar-refractivity contribution in [2.45, 2.75) is 12.5 Å². The lowest BCUT2D eigenvalue weighted by Gasteiger charge is -2.19. The minimum absolute atomic E-state index is 0.243. The van der Waals surface area contributed by atoms with E-state index in [9.17, 15) is 4.79 Å². The number of rotatable bonds is 4. The van der Waals surface area contributed by atoms with E-state index in [4.69, 9.17) is 15.2 Å². The Hall–Kier alpha value is -1.79. The third-order valence-electron chi connectivity index (χ3n) is 2.65. The van der Waals surface area contributed by atoms with Crippen LogP contribution in [-0.2, 0) is 11.2 Å². The molecule has 98 valence electrons. The summed E-state index contributed by atoms with van der Waals surface area (Å²) in [6.45, 7) is 1.11. The van der Waals surface area contributed by atoms with Crippen molar-refractivity contribution in [2.24, 2.45) is 5.73 Å². The summed E-state index contributed by atoms with van der Waals surface area (Å²) in [7, 11) is 1.62. The van der Waals surface area contributed by atoms with Gasteiger partial charge in [0.1, 0.15) is 13.2 Å². The lowest BCUT2D eigenvalue weighted by molar-refractivity contribution is -0.123. The van der Waals surface area contributed by atoms with Crippen LogP contribution in [0.4, 0.5) is 0 Å². The summed E-state index contributed by atoms with van der Waals surface area (Å²) in [6.07, 6.45) is 0.449. The lowest BCUT2D eigenvalue weighted by atomic mass is 10.1. The Morgan fingerprint density at radius 1 is 1.39 bits per heavy atom. The summed E-state index contributed by atoms with van der Waals surface area (Å²) >= 11 is 0. The number of nitrogens with one attached hydrogen (secondary N) is 2. The molecule has 4 N–H and O–H groups in total. The maximum absolute atomic E-state index is 11.5. The average molecular weight is 251 g/mol. The summed E-state index contributed by atoms with van der Waals surface area (Å²) in [6, 6.07) is 4.99. The van der Waals surface area contributed by atoms with Gasteiger partial charge < -0.3 is 15.2 Å². The van der Waals surface area contributed by atoms with Crippen molar-refractivity contribution >= 4 is 5.91 Å². The number of fused-ring (bicyclic) bond motifs is 1. The first kappa shape index (κ1) is 12.7. The molecule has 0 spiro atoms. The van der Waals surface area contributed by atoms with E-state index >= 15 is 0 Å². The van der Waals surface area contributed by atoms with Crippen LogP contribution < -0.4 is 26.1 Å². The molecule has 6 nitrogen and oxygen atoms in total. The first-order chi connectivity index (χ1) is 8.70. The second-order valence-corrected chi connectivity index (χ2v) is 4.03. The number of amides is 1. The van der Waals surface area contributed by atoms with Gasteiger partial charge in [-0.3, -0.25) is 10.2 Å². The molecule has 0 fully saturated rings. The van der Waals surface area contributed by atoms with E-state index in [-0.39, 0.29) is 5.91 Å². The van der Waals surface area contributed by atoms with Gasteiger partial charge in [-0.15, -0.1) is 0 Å². The first-order valence-corrected chi connectivity index (χ1v) is 5.81. The zero-order valence-electron chi connectivity index (χ0n) is 10.2. The summed E-state index contributed by atoms with van der Waals surface area (Å²) < 4.78 is 10.9. The van der Waals surface area contributed by atoms with E-state index in [1.807, 2.05) is 18.2 Å². The van der Waals surface area contributed by atoms with Crippen molar-refractivity contribution in [2.75, 3.05) is 20.3 Å². The van der Waals surface area contributed by atoms with Gasteiger partial charge in [0, 0.05) is 7.05 Å². The van der Waals surface area contributed by atoms with Gasteiger partial charge in [0.05, 0.1) is 6.04 Å². The standard InChI is InChI=1S/C12H17N3O3/c1-14-15-12(16)9(13)6-8-2-3-10-11(7-8)18-5-4-17-10/h2-3,7,9,14H,4-6,13H2,1H3,(H,15,16). The van der Waals surface area contributed by atoms with Crippen LogP contribution >= 0.6 is 0 Å². The molecule has 18 heavy (non-hydrogen) atoms. The smallest absolute Gasteiger partial charge is 0.251 e. The Bertz CT molecular complexity index is 437. The van der Waals surface area contributed by atoms with Gasteiger partial charge in [0.25, 0.3) is 5.91 Å². The molecule has 1 aliphatic heterocycles. The van der Waals surface area contributed by atoms with Crippen LogP contribution in [0.2, 0.25) is 0 Å². The molecule has 0 aromatic heterocycles. The molecule has 0 aliphatic carbocycles. The van der Waals surface area contributed by atoms with Crippen LogP contribution in [0.3, 0.4) is 0 Å². The van der Waals surface area contributed by atoms with Crippen LogP contribution in [0.1, 0.15) is 5.56 Å². The number of hydrogen-bond donors (Lipinski definition) is 3. The highest BCUT2D eigenvalue weighted by atomic mass is 16.6. The molecule has 1 unspecified atom stereocenters. The zero-order valence-corrected chi connectivity index (χ0v) is 10.2. The number of carbonyl (C=O) groups excluding carboxylic acids is 1. The quantitative estimate of drug-likeness (QED) is 0.633. The maximum Gasteiger partial charge on any atom is 0.251 e. The number of ether oxygens (including phenoxy) is 2. The van der Waals surface area contributed by atoms with E-state index in [1.165, 1.54) is 0 Å². The number of nitrogens with two attached hydrogens (primary N) is 1. The molecule has 1 atom stereocenters. The molecule has 1 heterocycles.